The molecule has 0 saturated heterocycles. The average molecular weight is 405 g/mol. The monoisotopic (exact) mass is 405 g/mol. The van der Waals surface area contributed by atoms with Gasteiger partial charge in [-0.1, -0.05) is 30.3 Å². The second-order valence-electron chi connectivity index (χ2n) is 6.43. The van der Waals surface area contributed by atoms with E-state index < -0.39 is 10.0 Å². The fourth-order valence-corrected chi connectivity index (χ4v) is 3.81. The summed E-state index contributed by atoms with van der Waals surface area (Å²) >= 11 is 0. The summed E-state index contributed by atoms with van der Waals surface area (Å²) in [6.45, 7) is 1.82. The van der Waals surface area contributed by atoms with Crippen molar-refractivity contribution in [3.05, 3.63) is 89.5 Å². The van der Waals surface area contributed by atoms with Crippen LogP contribution in [0.3, 0.4) is 0 Å². The fourth-order valence-electron chi connectivity index (χ4n) is 2.68. The van der Waals surface area contributed by atoms with Crippen LogP contribution in [0.1, 0.15) is 21.5 Å². The summed E-state index contributed by atoms with van der Waals surface area (Å²) in [4.78, 5) is 12.5. The zero-order valence-electron chi connectivity index (χ0n) is 15.7. The van der Waals surface area contributed by atoms with Gasteiger partial charge < -0.3 is 5.32 Å². The molecule has 0 saturated carbocycles. The predicted octanol–water partition coefficient (Wildman–Crippen LogP) is 4.11. The van der Waals surface area contributed by atoms with Crippen LogP contribution in [-0.4, -0.2) is 14.3 Å². The third kappa shape index (κ3) is 5.00. The van der Waals surface area contributed by atoms with Crippen molar-refractivity contribution in [3.8, 4) is 6.07 Å². The number of anilines is 2. The number of para-hydroxylation sites is 1. The smallest absolute Gasteiger partial charge is 0.261 e. The number of hydrogen-bond acceptors (Lipinski definition) is 4. The van der Waals surface area contributed by atoms with Gasteiger partial charge in [-0.05, 0) is 60.5 Å². The number of carbonyl (C=O) groups excluding carboxylic acids is 1. The molecule has 0 bridgehead atoms. The van der Waals surface area contributed by atoms with Crippen LogP contribution in [0.4, 0.5) is 11.4 Å². The molecule has 0 aromatic heterocycles. The van der Waals surface area contributed by atoms with E-state index in [9.17, 15) is 13.2 Å². The summed E-state index contributed by atoms with van der Waals surface area (Å²) in [7, 11) is -3.76. The van der Waals surface area contributed by atoms with Gasteiger partial charge >= 0.3 is 0 Å². The number of carbonyl (C=O) groups is 1. The van der Waals surface area contributed by atoms with Gasteiger partial charge in [-0.15, -0.1) is 0 Å². The van der Waals surface area contributed by atoms with Crippen molar-refractivity contribution >= 4 is 27.3 Å². The summed E-state index contributed by atoms with van der Waals surface area (Å²) in [6.07, 6.45) is 0.306. The van der Waals surface area contributed by atoms with E-state index >= 15 is 0 Å². The van der Waals surface area contributed by atoms with Crippen LogP contribution >= 0.6 is 0 Å². The Bertz CT molecular complexity index is 1160. The molecular formula is C22H19N3O3S. The third-order valence-electron chi connectivity index (χ3n) is 4.31. The minimum Gasteiger partial charge on any atom is -0.322 e. The van der Waals surface area contributed by atoms with E-state index in [-0.39, 0.29) is 10.8 Å². The minimum atomic E-state index is -3.76. The van der Waals surface area contributed by atoms with E-state index in [0.717, 1.165) is 11.1 Å². The summed E-state index contributed by atoms with van der Waals surface area (Å²) in [5.74, 6) is -0.353. The van der Waals surface area contributed by atoms with E-state index in [1.165, 1.54) is 24.3 Å². The highest BCUT2D eigenvalue weighted by atomic mass is 32.2. The SMILES string of the molecule is Cc1ccccc1NS(=O)(=O)c1ccc(C(=O)Nc2ccc(CC#N)cc2)cc1. The normalized spacial score (nSPS) is 10.8. The molecule has 146 valence electrons. The van der Waals surface area contributed by atoms with Gasteiger partial charge in [-0.2, -0.15) is 5.26 Å². The lowest BCUT2D eigenvalue weighted by Gasteiger charge is -2.11. The third-order valence-corrected chi connectivity index (χ3v) is 5.69. The van der Waals surface area contributed by atoms with Gasteiger partial charge in [0.05, 0.1) is 23.1 Å². The highest BCUT2D eigenvalue weighted by molar-refractivity contribution is 7.92. The Kier molecular flexibility index (Phi) is 5.96. The first kappa shape index (κ1) is 20.1. The molecular weight excluding hydrogens is 386 g/mol. The zero-order valence-corrected chi connectivity index (χ0v) is 16.5. The van der Waals surface area contributed by atoms with Crippen molar-refractivity contribution < 1.29 is 13.2 Å². The standard InChI is InChI=1S/C22H19N3O3S/c1-16-4-2-3-5-21(16)25-29(27,28)20-12-8-18(9-13-20)22(26)24-19-10-6-17(7-11-19)14-15-23/h2-13,25H,14H2,1H3,(H,24,26). The van der Waals surface area contributed by atoms with Gasteiger partial charge in [0.2, 0.25) is 0 Å². The van der Waals surface area contributed by atoms with Crippen LogP contribution in [0.25, 0.3) is 0 Å². The van der Waals surface area contributed by atoms with E-state index in [1.807, 2.05) is 19.1 Å². The Morgan fingerprint density at radius 2 is 1.62 bits per heavy atom. The lowest BCUT2D eigenvalue weighted by molar-refractivity contribution is 0.102. The molecule has 1 amide bonds. The molecule has 3 aromatic carbocycles. The number of aryl methyl sites for hydroxylation is 1. The first-order chi connectivity index (χ1) is 13.9. The number of rotatable bonds is 6. The van der Waals surface area contributed by atoms with Gasteiger partial charge in [-0.25, -0.2) is 8.42 Å². The summed E-state index contributed by atoms with van der Waals surface area (Å²) < 4.78 is 27.7. The van der Waals surface area contributed by atoms with Crippen molar-refractivity contribution in [2.45, 2.75) is 18.2 Å². The van der Waals surface area contributed by atoms with E-state index in [2.05, 4.69) is 16.1 Å². The predicted molar refractivity (Wildman–Crippen MR) is 112 cm³/mol. The molecule has 0 unspecified atom stereocenters. The van der Waals surface area contributed by atoms with Gasteiger partial charge in [-0.3, -0.25) is 9.52 Å². The molecule has 0 spiro atoms. The van der Waals surface area contributed by atoms with Crippen molar-refractivity contribution in [1.29, 1.82) is 5.26 Å². The van der Waals surface area contributed by atoms with Crippen molar-refractivity contribution in [1.82, 2.24) is 0 Å². The molecule has 29 heavy (non-hydrogen) atoms. The first-order valence-corrected chi connectivity index (χ1v) is 10.3. The second-order valence-corrected chi connectivity index (χ2v) is 8.11. The molecule has 3 rings (SSSR count). The molecule has 0 heterocycles. The molecule has 0 aliphatic rings. The second kappa shape index (κ2) is 8.59. The minimum absolute atomic E-state index is 0.0677. The quantitative estimate of drug-likeness (QED) is 0.644. The Hall–Kier alpha value is -3.63. The maximum Gasteiger partial charge on any atom is 0.261 e. The lowest BCUT2D eigenvalue weighted by Crippen LogP contribution is -2.15. The largest absolute Gasteiger partial charge is 0.322 e. The molecule has 3 aromatic rings. The lowest BCUT2D eigenvalue weighted by atomic mass is 10.1. The van der Waals surface area contributed by atoms with Crippen LogP contribution < -0.4 is 10.0 Å². The topological polar surface area (TPSA) is 99.1 Å². The zero-order chi connectivity index (χ0) is 20.9. The number of hydrogen-bond donors (Lipinski definition) is 2. The molecule has 0 radical (unpaired) electrons. The molecule has 6 nitrogen and oxygen atoms in total. The van der Waals surface area contributed by atoms with E-state index in [0.29, 0.717) is 23.4 Å². The van der Waals surface area contributed by atoms with Gasteiger partial charge in [0, 0.05) is 11.3 Å². The summed E-state index contributed by atoms with van der Waals surface area (Å²) in [6, 6.07) is 21.9. The molecule has 0 atom stereocenters. The number of nitrogens with one attached hydrogen (secondary N) is 2. The molecule has 0 aliphatic carbocycles. The Balaban J connectivity index is 1.71. The summed E-state index contributed by atoms with van der Waals surface area (Å²) in [5, 5.41) is 11.4. The Labute approximate surface area is 169 Å². The van der Waals surface area contributed by atoms with Crippen molar-refractivity contribution in [3.63, 3.8) is 0 Å². The Morgan fingerprint density at radius 3 is 2.24 bits per heavy atom. The summed E-state index contributed by atoms with van der Waals surface area (Å²) in [5.41, 5.74) is 3.11. The number of benzene rings is 3. The van der Waals surface area contributed by atoms with E-state index in [1.54, 1.807) is 36.4 Å². The number of nitriles is 1. The number of amides is 1. The van der Waals surface area contributed by atoms with Crippen LogP contribution in [0.15, 0.2) is 77.7 Å². The van der Waals surface area contributed by atoms with Crippen molar-refractivity contribution in [2.75, 3.05) is 10.0 Å². The number of sulfonamides is 1. The van der Waals surface area contributed by atoms with Gasteiger partial charge in [0.25, 0.3) is 15.9 Å². The maximum atomic E-state index is 12.6. The van der Waals surface area contributed by atoms with Crippen LogP contribution in [0, 0.1) is 18.3 Å². The fraction of sp³-hybridized carbons (Fsp3) is 0.0909. The highest BCUT2D eigenvalue weighted by Gasteiger charge is 2.16. The average Bonchev–Trinajstić information content (AvgIpc) is 2.71. The molecule has 7 heteroatoms. The maximum absolute atomic E-state index is 12.6. The van der Waals surface area contributed by atoms with Gasteiger partial charge in [0.1, 0.15) is 0 Å². The Morgan fingerprint density at radius 1 is 0.966 bits per heavy atom. The van der Waals surface area contributed by atoms with Crippen LogP contribution in [0.2, 0.25) is 0 Å². The van der Waals surface area contributed by atoms with E-state index in [4.69, 9.17) is 5.26 Å². The van der Waals surface area contributed by atoms with Crippen LogP contribution in [0.5, 0.6) is 0 Å². The van der Waals surface area contributed by atoms with Crippen LogP contribution in [-0.2, 0) is 16.4 Å². The first-order valence-electron chi connectivity index (χ1n) is 8.85. The van der Waals surface area contributed by atoms with Crippen molar-refractivity contribution in [2.24, 2.45) is 0 Å². The highest BCUT2D eigenvalue weighted by Crippen LogP contribution is 2.20. The molecule has 2 N–H and O–H groups in total. The molecule has 0 fully saturated rings. The van der Waals surface area contributed by atoms with Gasteiger partial charge in [0.15, 0.2) is 0 Å². The number of nitrogens with zero attached hydrogens (tertiary/aromatic N) is 1. The molecule has 0 aliphatic heterocycles.